The topological polar surface area (TPSA) is 65.0 Å². The van der Waals surface area contributed by atoms with Crippen LogP contribution in [0.15, 0.2) is 30.3 Å². The number of aromatic hydroxyl groups is 1. The Morgan fingerprint density at radius 1 is 1.04 bits per heavy atom. The first-order chi connectivity index (χ1) is 11.0. The van der Waals surface area contributed by atoms with Crippen LogP contribution in [0.25, 0.3) is 0 Å². The van der Waals surface area contributed by atoms with Gasteiger partial charge < -0.3 is 19.3 Å². The van der Waals surface area contributed by atoms with Crippen LogP contribution in [0.1, 0.15) is 27.0 Å². The minimum Gasteiger partial charge on any atom is -0.507 e. The number of benzene rings is 2. The Morgan fingerprint density at radius 3 is 2.30 bits per heavy atom. The molecule has 2 aromatic carbocycles. The fourth-order valence-corrected chi connectivity index (χ4v) is 2.21. The maximum atomic E-state index is 12.1. The Kier molecular flexibility index (Phi) is 5.11. The van der Waals surface area contributed by atoms with Gasteiger partial charge in [0.15, 0.2) is 11.5 Å². The van der Waals surface area contributed by atoms with E-state index in [0.717, 1.165) is 16.7 Å². The number of ether oxygens (including phenoxy) is 3. The second-order valence-electron chi connectivity index (χ2n) is 5.23. The molecule has 2 aromatic rings. The average Bonchev–Trinajstić information content (AvgIpc) is 2.53. The van der Waals surface area contributed by atoms with Gasteiger partial charge in [-0.1, -0.05) is 6.07 Å². The lowest BCUT2D eigenvalue weighted by molar-refractivity contribution is 0.0468. The van der Waals surface area contributed by atoms with Gasteiger partial charge in [-0.15, -0.1) is 0 Å². The molecule has 122 valence electrons. The summed E-state index contributed by atoms with van der Waals surface area (Å²) in [4.78, 5) is 12.1. The number of rotatable bonds is 5. The van der Waals surface area contributed by atoms with Crippen LogP contribution in [0.5, 0.6) is 17.2 Å². The van der Waals surface area contributed by atoms with Crippen molar-refractivity contribution in [3.05, 3.63) is 52.6 Å². The summed E-state index contributed by atoms with van der Waals surface area (Å²) >= 11 is 0. The van der Waals surface area contributed by atoms with Gasteiger partial charge in [0.05, 0.1) is 14.2 Å². The fourth-order valence-electron chi connectivity index (χ4n) is 2.21. The maximum Gasteiger partial charge on any atom is 0.342 e. The molecule has 0 radical (unpaired) electrons. The quantitative estimate of drug-likeness (QED) is 0.857. The Labute approximate surface area is 135 Å². The van der Waals surface area contributed by atoms with Crippen molar-refractivity contribution < 1.29 is 24.1 Å². The summed E-state index contributed by atoms with van der Waals surface area (Å²) in [5.74, 6) is 0.536. The average molecular weight is 316 g/mol. The molecule has 1 N–H and O–H groups in total. The third-order valence-corrected chi connectivity index (χ3v) is 3.57. The third kappa shape index (κ3) is 3.74. The number of carbonyl (C=O) groups is 1. The molecule has 0 bridgehead atoms. The highest BCUT2D eigenvalue weighted by molar-refractivity contribution is 5.92. The number of aryl methyl sites for hydroxylation is 2. The number of hydrogen-bond donors (Lipinski definition) is 1. The van der Waals surface area contributed by atoms with Crippen molar-refractivity contribution in [2.45, 2.75) is 20.5 Å². The summed E-state index contributed by atoms with van der Waals surface area (Å²) < 4.78 is 15.8. The Morgan fingerprint density at radius 2 is 1.70 bits per heavy atom. The van der Waals surface area contributed by atoms with Crippen LogP contribution in [-0.2, 0) is 11.3 Å². The summed E-state index contributed by atoms with van der Waals surface area (Å²) in [6, 6.07) is 8.42. The zero-order valence-corrected chi connectivity index (χ0v) is 13.7. The molecule has 0 aliphatic carbocycles. The summed E-state index contributed by atoms with van der Waals surface area (Å²) in [5.41, 5.74) is 2.75. The summed E-state index contributed by atoms with van der Waals surface area (Å²) in [5, 5.41) is 9.83. The van der Waals surface area contributed by atoms with Gasteiger partial charge in [0.2, 0.25) is 0 Å². The molecule has 0 atom stereocenters. The predicted molar refractivity (Wildman–Crippen MR) is 86.2 cm³/mol. The van der Waals surface area contributed by atoms with Gasteiger partial charge in [-0.3, -0.25) is 0 Å². The molecule has 0 fully saturated rings. The van der Waals surface area contributed by atoms with Crippen LogP contribution in [0.4, 0.5) is 0 Å². The molecule has 5 heteroatoms. The molecule has 0 aliphatic heterocycles. The monoisotopic (exact) mass is 316 g/mol. The molecule has 0 spiro atoms. The molecular weight excluding hydrogens is 296 g/mol. The SMILES string of the molecule is COc1cc(C)c(COC(=O)c2ccc(C)cc2O)cc1OC. The van der Waals surface area contributed by atoms with Crippen LogP contribution in [-0.4, -0.2) is 25.3 Å². The highest BCUT2D eigenvalue weighted by Gasteiger charge is 2.14. The van der Waals surface area contributed by atoms with Crippen molar-refractivity contribution >= 4 is 5.97 Å². The number of hydrogen-bond acceptors (Lipinski definition) is 5. The van der Waals surface area contributed by atoms with E-state index in [1.165, 1.54) is 6.07 Å². The third-order valence-electron chi connectivity index (χ3n) is 3.57. The van der Waals surface area contributed by atoms with E-state index in [0.29, 0.717) is 11.5 Å². The molecule has 23 heavy (non-hydrogen) atoms. The molecule has 0 unspecified atom stereocenters. The molecule has 0 aliphatic rings. The molecule has 0 saturated carbocycles. The second kappa shape index (κ2) is 7.05. The zero-order valence-electron chi connectivity index (χ0n) is 13.7. The first-order valence-electron chi connectivity index (χ1n) is 7.14. The standard InChI is InChI=1S/C18H20O5/c1-11-5-6-14(15(19)7-11)18(20)23-10-13-9-17(22-4)16(21-3)8-12(13)2/h5-9,19H,10H2,1-4H3. The molecule has 0 amide bonds. The van der Waals surface area contributed by atoms with Crippen LogP contribution in [0.3, 0.4) is 0 Å². The summed E-state index contributed by atoms with van der Waals surface area (Å²) in [7, 11) is 3.12. The highest BCUT2D eigenvalue weighted by Crippen LogP contribution is 2.30. The number of phenols is 1. The molecule has 0 saturated heterocycles. The van der Waals surface area contributed by atoms with Gasteiger partial charge in [0.25, 0.3) is 0 Å². The van der Waals surface area contributed by atoms with E-state index >= 15 is 0 Å². The Balaban J connectivity index is 2.15. The van der Waals surface area contributed by atoms with Crippen LogP contribution < -0.4 is 9.47 Å². The van der Waals surface area contributed by atoms with Gasteiger partial charge in [-0.05, 0) is 54.8 Å². The van der Waals surface area contributed by atoms with Crippen molar-refractivity contribution in [3.63, 3.8) is 0 Å². The van der Waals surface area contributed by atoms with Gasteiger partial charge >= 0.3 is 5.97 Å². The number of phenolic OH excluding ortho intramolecular Hbond substituents is 1. The normalized spacial score (nSPS) is 10.3. The number of methoxy groups -OCH3 is 2. The van der Waals surface area contributed by atoms with Gasteiger partial charge in [-0.25, -0.2) is 4.79 Å². The van der Waals surface area contributed by atoms with Gasteiger partial charge in [-0.2, -0.15) is 0 Å². The van der Waals surface area contributed by atoms with E-state index in [9.17, 15) is 9.90 Å². The van der Waals surface area contributed by atoms with E-state index in [-0.39, 0.29) is 17.9 Å². The second-order valence-corrected chi connectivity index (χ2v) is 5.23. The largest absolute Gasteiger partial charge is 0.507 e. The van der Waals surface area contributed by atoms with E-state index in [2.05, 4.69) is 0 Å². The summed E-state index contributed by atoms with van der Waals surface area (Å²) in [6.07, 6.45) is 0. The van der Waals surface area contributed by atoms with E-state index in [1.807, 2.05) is 19.9 Å². The van der Waals surface area contributed by atoms with Gasteiger partial charge in [0, 0.05) is 0 Å². The first-order valence-corrected chi connectivity index (χ1v) is 7.14. The van der Waals surface area contributed by atoms with E-state index in [4.69, 9.17) is 14.2 Å². The van der Waals surface area contributed by atoms with E-state index in [1.54, 1.807) is 32.4 Å². The highest BCUT2D eigenvalue weighted by atomic mass is 16.5. The van der Waals surface area contributed by atoms with Crippen LogP contribution in [0.2, 0.25) is 0 Å². The van der Waals surface area contributed by atoms with E-state index < -0.39 is 5.97 Å². The molecular formula is C18H20O5. The van der Waals surface area contributed by atoms with Crippen molar-refractivity contribution in [3.8, 4) is 17.2 Å². The Hall–Kier alpha value is -2.69. The lowest BCUT2D eigenvalue weighted by Crippen LogP contribution is -2.07. The zero-order chi connectivity index (χ0) is 17.0. The number of carbonyl (C=O) groups excluding carboxylic acids is 1. The van der Waals surface area contributed by atoms with Gasteiger partial charge in [0.1, 0.15) is 17.9 Å². The number of esters is 1. The molecule has 2 rings (SSSR count). The molecule has 0 heterocycles. The lowest BCUT2D eigenvalue weighted by atomic mass is 10.1. The van der Waals surface area contributed by atoms with Crippen molar-refractivity contribution in [1.29, 1.82) is 0 Å². The fraction of sp³-hybridized carbons (Fsp3) is 0.278. The van der Waals surface area contributed by atoms with Crippen LogP contribution >= 0.6 is 0 Å². The Bertz CT molecular complexity index is 722. The first kappa shape index (κ1) is 16.7. The van der Waals surface area contributed by atoms with Crippen molar-refractivity contribution in [1.82, 2.24) is 0 Å². The lowest BCUT2D eigenvalue weighted by Gasteiger charge is -2.13. The summed E-state index contributed by atoms with van der Waals surface area (Å²) in [6.45, 7) is 3.81. The van der Waals surface area contributed by atoms with Crippen LogP contribution in [0, 0.1) is 13.8 Å². The van der Waals surface area contributed by atoms with Crippen molar-refractivity contribution in [2.75, 3.05) is 14.2 Å². The minimum atomic E-state index is -0.573. The molecule has 5 nitrogen and oxygen atoms in total. The smallest absolute Gasteiger partial charge is 0.342 e. The predicted octanol–water partition coefficient (Wildman–Crippen LogP) is 3.38. The maximum absolute atomic E-state index is 12.1. The minimum absolute atomic E-state index is 0.0817. The van der Waals surface area contributed by atoms with Crippen molar-refractivity contribution in [2.24, 2.45) is 0 Å². The molecule has 0 aromatic heterocycles.